The molecule has 0 saturated carbocycles. The van der Waals surface area contributed by atoms with Crippen LogP contribution in [0.3, 0.4) is 0 Å². The number of benzene rings is 4. The van der Waals surface area contributed by atoms with Gasteiger partial charge in [-0.3, -0.25) is 0 Å². The summed E-state index contributed by atoms with van der Waals surface area (Å²) in [5.41, 5.74) is 16.2. The second kappa shape index (κ2) is 13.6. The Morgan fingerprint density at radius 2 is 1.12 bits per heavy atom. The molecule has 3 atom stereocenters. The van der Waals surface area contributed by atoms with Gasteiger partial charge in [-0.15, -0.1) is 0 Å². The third-order valence-electron chi connectivity index (χ3n) is 11.8. The number of hydrogen-bond donors (Lipinski definition) is 0. The number of allylic oxidation sites excluding steroid dienone is 2. The van der Waals surface area contributed by atoms with Crippen molar-refractivity contribution in [3.63, 3.8) is 0 Å². The summed E-state index contributed by atoms with van der Waals surface area (Å²) in [6, 6.07) is 32.2. The zero-order valence-corrected chi connectivity index (χ0v) is 35.5. The summed E-state index contributed by atoms with van der Waals surface area (Å²) in [5, 5.41) is 0. The molecular weight excluding hydrogens is 719 g/mol. The van der Waals surface area contributed by atoms with Gasteiger partial charge in [0.15, 0.2) is 0 Å². The van der Waals surface area contributed by atoms with E-state index in [4.69, 9.17) is 17.0 Å². The molecule has 0 N–H and O–H groups in total. The van der Waals surface area contributed by atoms with E-state index in [0.29, 0.717) is 17.8 Å². The summed E-state index contributed by atoms with van der Waals surface area (Å²) < 4.78 is 0.198. The van der Waals surface area contributed by atoms with E-state index in [0.717, 1.165) is 12.8 Å². The Labute approximate surface area is 299 Å². The minimum atomic E-state index is -4.83. The van der Waals surface area contributed by atoms with Gasteiger partial charge in [-0.2, -0.15) is 0 Å². The summed E-state index contributed by atoms with van der Waals surface area (Å²) >= 11 is -4.83. The van der Waals surface area contributed by atoms with E-state index in [2.05, 4.69) is 159 Å². The average molecular weight is 772 g/mol. The fraction of sp³-hybridized carbons (Fsp3) is 0.364. The Bertz CT molecular complexity index is 1880. The standard InChI is InChI=1S/2C21H23.C2H7Si.2ClH.Zr/c1-14(2)16-8-10-17(11-9-16)20-7-5-6-18-12-19(15(3)4)13-21(18)20;1-4-15(3)17-9-11-18(12-10-17)20-8-6-7-19-13-16(5-2)14-21(19)20;1-3-2;;;/h5-15H,1-4H3;6-15H,4-5H2,1-3H3;3H,1-2H3;2*1H;/q;;;;;+2/p-2. The first-order chi connectivity index (χ1) is 22.8. The van der Waals surface area contributed by atoms with Crippen LogP contribution >= 0.6 is 17.0 Å². The van der Waals surface area contributed by atoms with Gasteiger partial charge in [-0.25, -0.2) is 0 Å². The molecule has 0 aromatic heterocycles. The van der Waals surface area contributed by atoms with Crippen LogP contribution in [0, 0.1) is 5.92 Å². The second-order valence-corrected chi connectivity index (χ2v) is 58.0. The molecule has 0 nitrogen and oxygen atoms in total. The van der Waals surface area contributed by atoms with E-state index >= 15 is 0 Å². The summed E-state index contributed by atoms with van der Waals surface area (Å²) in [7, 11) is 17.4. The van der Waals surface area contributed by atoms with E-state index in [9.17, 15) is 0 Å². The maximum absolute atomic E-state index is 8.69. The van der Waals surface area contributed by atoms with Gasteiger partial charge < -0.3 is 0 Å². The Morgan fingerprint density at radius 3 is 1.58 bits per heavy atom. The van der Waals surface area contributed by atoms with Crippen molar-refractivity contribution in [3.8, 4) is 22.3 Å². The molecule has 4 heteroatoms. The molecule has 0 saturated heterocycles. The van der Waals surface area contributed by atoms with Crippen molar-refractivity contribution in [2.24, 2.45) is 5.92 Å². The monoisotopic (exact) mass is 769 g/mol. The van der Waals surface area contributed by atoms with Crippen LogP contribution in [0.25, 0.3) is 34.4 Å². The molecule has 0 radical (unpaired) electrons. The minimum absolute atomic E-state index is 0.0932. The Morgan fingerprint density at radius 1 is 0.625 bits per heavy atom. The molecule has 0 aliphatic heterocycles. The van der Waals surface area contributed by atoms with Gasteiger partial charge in [0, 0.05) is 0 Å². The first-order valence-corrected chi connectivity index (χ1v) is 34.6. The Kier molecular flexibility index (Phi) is 10.2. The van der Waals surface area contributed by atoms with Crippen molar-refractivity contribution in [1.82, 2.24) is 0 Å². The molecule has 251 valence electrons. The van der Waals surface area contributed by atoms with Gasteiger partial charge in [-0.05, 0) is 0 Å². The summed E-state index contributed by atoms with van der Waals surface area (Å²) in [5.74, 6) is -0.211. The summed E-state index contributed by atoms with van der Waals surface area (Å²) in [4.78, 5) is 0. The molecule has 0 spiro atoms. The van der Waals surface area contributed by atoms with E-state index in [1.165, 1.54) is 66.8 Å². The third kappa shape index (κ3) is 5.86. The van der Waals surface area contributed by atoms with Crippen LogP contribution in [0.5, 0.6) is 0 Å². The first kappa shape index (κ1) is 35.9. The van der Waals surface area contributed by atoms with Crippen LogP contribution in [0.4, 0.5) is 0 Å². The molecule has 0 fully saturated rings. The molecule has 0 amide bonds. The molecule has 6 rings (SSSR count). The maximum atomic E-state index is 8.69. The Balaban J connectivity index is 1.53. The Hall–Kier alpha value is -1.96. The molecular formula is C44H53Cl2SiZr. The van der Waals surface area contributed by atoms with Crippen LogP contribution in [0.1, 0.15) is 114 Å². The van der Waals surface area contributed by atoms with Crippen molar-refractivity contribution in [2.75, 3.05) is 0 Å². The van der Waals surface area contributed by atoms with Crippen molar-refractivity contribution >= 4 is 35.1 Å². The van der Waals surface area contributed by atoms with E-state index in [1.54, 1.807) is 0 Å². The van der Waals surface area contributed by atoms with Crippen LogP contribution in [0.15, 0.2) is 96.1 Å². The van der Waals surface area contributed by atoms with Gasteiger partial charge in [0.2, 0.25) is 0 Å². The fourth-order valence-corrected chi connectivity index (χ4v) is 40.2. The normalized spacial score (nSPS) is 18.8. The SMILES string of the molecule is CCC1=Cc2c(-c3ccc(C(C)CC)cc3)cccc2[CH]1[Zr]([Cl])([Cl])([CH]1C(C(C)C)=Cc2c(-c3ccc(C(C)C)cc3)cccc21)[SiH](C)C. The van der Waals surface area contributed by atoms with Crippen molar-refractivity contribution in [2.45, 2.75) is 93.5 Å². The predicted octanol–water partition coefficient (Wildman–Crippen LogP) is 14.3. The molecule has 2 aliphatic rings. The number of hydrogen-bond acceptors (Lipinski definition) is 0. The van der Waals surface area contributed by atoms with E-state index in [1.807, 2.05) is 0 Å². The van der Waals surface area contributed by atoms with E-state index < -0.39 is 21.5 Å². The molecule has 0 bridgehead atoms. The molecule has 48 heavy (non-hydrogen) atoms. The van der Waals surface area contributed by atoms with Crippen molar-refractivity contribution in [3.05, 3.63) is 129 Å². The molecule has 4 aromatic rings. The summed E-state index contributed by atoms with van der Waals surface area (Å²) in [6.45, 7) is 21.0. The quantitative estimate of drug-likeness (QED) is 0.141. The number of rotatable bonds is 10. The number of fused-ring (bicyclic) bond motifs is 2. The zero-order valence-electron chi connectivity index (χ0n) is 30.4. The van der Waals surface area contributed by atoms with Crippen LogP contribution in [-0.4, -0.2) is 5.92 Å². The van der Waals surface area contributed by atoms with Gasteiger partial charge >= 0.3 is 302 Å². The molecule has 0 heterocycles. The third-order valence-corrected chi connectivity index (χ3v) is 63.6. The van der Waals surface area contributed by atoms with Gasteiger partial charge in [0.05, 0.1) is 0 Å². The van der Waals surface area contributed by atoms with Gasteiger partial charge in [0.25, 0.3) is 0 Å². The van der Waals surface area contributed by atoms with Crippen LogP contribution < -0.4 is 0 Å². The van der Waals surface area contributed by atoms with Crippen molar-refractivity contribution < 1.29 is 15.6 Å². The summed E-state index contributed by atoms with van der Waals surface area (Å²) in [6.07, 6.45) is 7.08. The molecule has 2 aliphatic carbocycles. The van der Waals surface area contributed by atoms with Gasteiger partial charge in [-0.1, -0.05) is 0 Å². The molecule has 4 aromatic carbocycles. The average Bonchev–Trinajstić information content (AvgIpc) is 3.69. The van der Waals surface area contributed by atoms with E-state index in [-0.39, 0.29) is 7.25 Å². The predicted molar refractivity (Wildman–Crippen MR) is 214 cm³/mol. The zero-order chi connectivity index (χ0) is 34.6. The number of halogens is 2. The topological polar surface area (TPSA) is 0 Å². The van der Waals surface area contributed by atoms with Gasteiger partial charge in [0.1, 0.15) is 0 Å². The molecule has 3 unspecified atom stereocenters. The van der Waals surface area contributed by atoms with Crippen LogP contribution in [-0.2, 0) is 15.6 Å². The van der Waals surface area contributed by atoms with Crippen molar-refractivity contribution in [1.29, 1.82) is 0 Å². The fourth-order valence-electron chi connectivity index (χ4n) is 8.57. The first-order valence-electron chi connectivity index (χ1n) is 18.3. The second-order valence-electron chi connectivity index (χ2n) is 15.4. The van der Waals surface area contributed by atoms with Crippen LogP contribution in [0.2, 0.25) is 13.1 Å².